The second kappa shape index (κ2) is 5.85. The fourth-order valence-electron chi connectivity index (χ4n) is 2.29. The molecule has 0 unspecified atom stereocenters. The lowest BCUT2D eigenvalue weighted by Gasteiger charge is -2.02. The van der Waals surface area contributed by atoms with Crippen LogP contribution in [0.1, 0.15) is 12.5 Å². The Hall–Kier alpha value is -2.88. The second-order valence-electron chi connectivity index (χ2n) is 5.22. The van der Waals surface area contributed by atoms with E-state index in [0.717, 1.165) is 16.8 Å². The lowest BCUT2D eigenvalue weighted by atomic mass is 10.1. The first-order chi connectivity index (χ1) is 10.6. The lowest BCUT2D eigenvalue weighted by Crippen LogP contribution is -2.07. The molecule has 0 aliphatic rings. The van der Waals surface area contributed by atoms with Gasteiger partial charge in [0.25, 0.3) is 0 Å². The summed E-state index contributed by atoms with van der Waals surface area (Å²) in [6, 6.07) is 18.0. The third-order valence-corrected chi connectivity index (χ3v) is 3.39. The molecule has 1 aromatic heterocycles. The average Bonchev–Trinajstić information content (AvgIpc) is 2.92. The maximum absolute atomic E-state index is 11.4. The molecule has 3 aromatic rings. The number of rotatable bonds is 3. The highest BCUT2D eigenvalue weighted by molar-refractivity contribution is 5.92. The quantitative estimate of drug-likeness (QED) is 0.797. The van der Waals surface area contributed by atoms with E-state index in [4.69, 9.17) is 0 Å². The van der Waals surface area contributed by atoms with Crippen LogP contribution in [0.2, 0.25) is 0 Å². The van der Waals surface area contributed by atoms with Crippen LogP contribution in [0.25, 0.3) is 16.8 Å². The van der Waals surface area contributed by atoms with Gasteiger partial charge in [-0.3, -0.25) is 4.79 Å². The number of aryl methyl sites for hydroxylation is 1. The summed E-state index contributed by atoms with van der Waals surface area (Å²) in [7, 11) is 0. The molecule has 1 N–H and O–H groups in total. The van der Waals surface area contributed by atoms with Crippen LogP contribution in [0.3, 0.4) is 0 Å². The van der Waals surface area contributed by atoms with Gasteiger partial charge in [-0.15, -0.1) is 5.10 Å². The second-order valence-corrected chi connectivity index (χ2v) is 5.22. The van der Waals surface area contributed by atoms with Gasteiger partial charge in [-0.05, 0) is 24.6 Å². The molecular formula is C18H17N3O. The Morgan fingerprint density at radius 1 is 1.05 bits per heavy atom. The van der Waals surface area contributed by atoms with Crippen molar-refractivity contribution in [3.8, 4) is 16.8 Å². The van der Waals surface area contributed by atoms with E-state index < -0.39 is 0 Å². The average molecular weight is 291 g/mol. The monoisotopic (exact) mass is 291 g/mol. The molecule has 1 heterocycles. The van der Waals surface area contributed by atoms with E-state index >= 15 is 0 Å². The predicted molar refractivity (Wildman–Crippen MR) is 88.0 cm³/mol. The van der Waals surface area contributed by atoms with Crippen LogP contribution in [0, 0.1) is 6.92 Å². The van der Waals surface area contributed by atoms with Crippen molar-refractivity contribution in [3.63, 3.8) is 0 Å². The molecule has 0 aliphatic heterocycles. The highest BCUT2D eigenvalue weighted by Gasteiger charge is 2.13. The molecule has 3 rings (SSSR count). The van der Waals surface area contributed by atoms with Gasteiger partial charge in [0.2, 0.25) is 5.91 Å². The highest BCUT2D eigenvalue weighted by Crippen LogP contribution is 2.28. The third kappa shape index (κ3) is 2.91. The van der Waals surface area contributed by atoms with E-state index in [0.29, 0.717) is 5.82 Å². The number of nitrogens with zero attached hydrogens (tertiary/aromatic N) is 2. The molecule has 110 valence electrons. The third-order valence-electron chi connectivity index (χ3n) is 3.39. The maximum atomic E-state index is 11.4. The molecule has 22 heavy (non-hydrogen) atoms. The van der Waals surface area contributed by atoms with E-state index in [9.17, 15) is 4.79 Å². The largest absolute Gasteiger partial charge is 0.309 e. The first-order valence-electron chi connectivity index (χ1n) is 7.13. The van der Waals surface area contributed by atoms with Crippen molar-refractivity contribution in [1.82, 2.24) is 9.78 Å². The zero-order chi connectivity index (χ0) is 15.5. The van der Waals surface area contributed by atoms with Crippen molar-refractivity contribution in [3.05, 3.63) is 66.4 Å². The smallest absolute Gasteiger partial charge is 0.222 e. The summed E-state index contributed by atoms with van der Waals surface area (Å²) in [6.45, 7) is 3.53. The van der Waals surface area contributed by atoms with Crippen LogP contribution in [0.5, 0.6) is 0 Å². The molecule has 0 saturated carbocycles. The van der Waals surface area contributed by atoms with Gasteiger partial charge in [-0.1, -0.05) is 48.0 Å². The van der Waals surface area contributed by atoms with E-state index in [1.54, 1.807) is 4.68 Å². The van der Waals surface area contributed by atoms with Crippen LogP contribution >= 0.6 is 0 Å². The minimum Gasteiger partial charge on any atom is -0.309 e. The Morgan fingerprint density at radius 3 is 2.36 bits per heavy atom. The first-order valence-corrected chi connectivity index (χ1v) is 7.13. The highest BCUT2D eigenvalue weighted by atomic mass is 16.1. The minimum absolute atomic E-state index is 0.133. The van der Waals surface area contributed by atoms with Crippen molar-refractivity contribution in [1.29, 1.82) is 0 Å². The SMILES string of the molecule is CC(=O)Nc1nn(-c2ccc(C)cc2)cc1-c1ccccc1. The van der Waals surface area contributed by atoms with Gasteiger partial charge in [-0.2, -0.15) is 0 Å². The van der Waals surface area contributed by atoms with Crippen molar-refractivity contribution in [2.45, 2.75) is 13.8 Å². The Kier molecular flexibility index (Phi) is 3.74. The van der Waals surface area contributed by atoms with Crippen molar-refractivity contribution < 1.29 is 4.79 Å². The van der Waals surface area contributed by atoms with E-state index in [2.05, 4.69) is 10.4 Å². The van der Waals surface area contributed by atoms with Crippen LogP contribution < -0.4 is 5.32 Å². The Bertz CT molecular complexity index is 789. The number of carbonyl (C=O) groups is 1. The van der Waals surface area contributed by atoms with Crippen molar-refractivity contribution in [2.24, 2.45) is 0 Å². The number of nitrogens with one attached hydrogen (secondary N) is 1. The minimum atomic E-state index is -0.133. The molecule has 0 bridgehead atoms. The van der Waals surface area contributed by atoms with Gasteiger partial charge < -0.3 is 5.32 Å². The normalized spacial score (nSPS) is 10.5. The van der Waals surface area contributed by atoms with Gasteiger partial charge >= 0.3 is 0 Å². The van der Waals surface area contributed by atoms with Crippen LogP contribution in [-0.2, 0) is 4.79 Å². The molecule has 0 fully saturated rings. The number of carbonyl (C=O) groups excluding carboxylic acids is 1. The molecule has 0 atom stereocenters. The number of anilines is 1. The summed E-state index contributed by atoms with van der Waals surface area (Å²) in [4.78, 5) is 11.4. The molecule has 0 spiro atoms. The Labute approximate surface area is 129 Å². The van der Waals surface area contributed by atoms with Crippen molar-refractivity contribution >= 4 is 11.7 Å². The molecule has 4 nitrogen and oxygen atoms in total. The number of hydrogen-bond acceptors (Lipinski definition) is 2. The summed E-state index contributed by atoms with van der Waals surface area (Å²) in [6.07, 6.45) is 1.94. The number of hydrogen-bond donors (Lipinski definition) is 1. The van der Waals surface area contributed by atoms with Crippen LogP contribution in [0.15, 0.2) is 60.8 Å². The van der Waals surface area contributed by atoms with Crippen molar-refractivity contribution in [2.75, 3.05) is 5.32 Å². The summed E-state index contributed by atoms with van der Waals surface area (Å²) < 4.78 is 1.78. The van der Waals surface area contributed by atoms with E-state index in [1.165, 1.54) is 12.5 Å². The Morgan fingerprint density at radius 2 is 1.73 bits per heavy atom. The van der Waals surface area contributed by atoms with Gasteiger partial charge in [0.15, 0.2) is 5.82 Å². The molecule has 0 aliphatic carbocycles. The van der Waals surface area contributed by atoms with Gasteiger partial charge in [0, 0.05) is 18.7 Å². The number of amides is 1. The number of aromatic nitrogens is 2. The molecule has 2 aromatic carbocycles. The molecular weight excluding hydrogens is 274 g/mol. The first kappa shape index (κ1) is 14.1. The molecule has 1 amide bonds. The summed E-state index contributed by atoms with van der Waals surface area (Å²) >= 11 is 0. The molecule has 4 heteroatoms. The van der Waals surface area contributed by atoms with E-state index in [-0.39, 0.29) is 5.91 Å². The van der Waals surface area contributed by atoms with Gasteiger partial charge in [0.1, 0.15) is 0 Å². The van der Waals surface area contributed by atoms with E-state index in [1.807, 2.05) is 67.7 Å². The van der Waals surface area contributed by atoms with Crippen LogP contribution in [-0.4, -0.2) is 15.7 Å². The zero-order valence-electron chi connectivity index (χ0n) is 12.6. The summed E-state index contributed by atoms with van der Waals surface area (Å²) in [5, 5.41) is 7.31. The standard InChI is InChI=1S/C18H17N3O/c1-13-8-10-16(11-9-13)21-12-17(15-6-4-3-5-7-15)18(20-21)19-14(2)22/h3-12H,1-2H3,(H,19,20,22). The molecule has 0 radical (unpaired) electrons. The zero-order valence-corrected chi connectivity index (χ0v) is 12.6. The number of benzene rings is 2. The summed E-state index contributed by atoms with van der Waals surface area (Å²) in [5.74, 6) is 0.436. The predicted octanol–water partition coefficient (Wildman–Crippen LogP) is 3.81. The van der Waals surface area contributed by atoms with Crippen LogP contribution in [0.4, 0.5) is 5.82 Å². The lowest BCUT2D eigenvalue weighted by molar-refractivity contribution is -0.114. The fraction of sp³-hybridized carbons (Fsp3) is 0.111. The summed E-state index contributed by atoms with van der Waals surface area (Å²) in [5.41, 5.74) is 4.07. The fourth-order valence-corrected chi connectivity index (χ4v) is 2.29. The molecule has 0 saturated heterocycles. The van der Waals surface area contributed by atoms with Gasteiger partial charge in [0.05, 0.1) is 5.69 Å². The van der Waals surface area contributed by atoms with Gasteiger partial charge in [-0.25, -0.2) is 4.68 Å². The topological polar surface area (TPSA) is 46.9 Å². The Balaban J connectivity index is 2.08. The maximum Gasteiger partial charge on any atom is 0.222 e.